The Balaban J connectivity index is 1.84. The Morgan fingerprint density at radius 1 is 1.03 bits per heavy atom. The quantitative estimate of drug-likeness (QED) is 0.201. The van der Waals surface area contributed by atoms with Crippen LogP contribution >= 0.6 is 39.5 Å². The van der Waals surface area contributed by atoms with Crippen molar-refractivity contribution in [3.8, 4) is 0 Å². The van der Waals surface area contributed by atoms with Gasteiger partial charge < -0.3 is 14.8 Å². The van der Waals surface area contributed by atoms with Gasteiger partial charge in [-0.15, -0.1) is 23.5 Å². The van der Waals surface area contributed by atoms with E-state index in [0.29, 0.717) is 11.5 Å². The molecule has 0 aliphatic heterocycles. The van der Waals surface area contributed by atoms with Crippen molar-refractivity contribution in [2.45, 2.75) is 15.9 Å². The molecule has 0 aliphatic rings. The number of halogens is 1. The van der Waals surface area contributed by atoms with E-state index in [0.717, 1.165) is 20.3 Å². The average Bonchev–Trinajstić information content (AvgIpc) is 2.74. The number of benzene rings is 2. The Morgan fingerprint density at radius 2 is 1.66 bits per heavy atom. The molecule has 0 aliphatic carbocycles. The number of amides is 1. The van der Waals surface area contributed by atoms with Gasteiger partial charge in [0, 0.05) is 31.8 Å². The van der Waals surface area contributed by atoms with Gasteiger partial charge in [-0.3, -0.25) is 0 Å². The molecule has 0 aromatic heterocycles. The predicted molar refractivity (Wildman–Crippen MR) is 121 cm³/mol. The third kappa shape index (κ3) is 9.92. The summed E-state index contributed by atoms with van der Waals surface area (Å²) in [7, 11) is 0. The summed E-state index contributed by atoms with van der Waals surface area (Å²) in [6, 6.07) is 18.0. The van der Waals surface area contributed by atoms with Crippen molar-refractivity contribution in [3.05, 3.63) is 71.7 Å². The van der Waals surface area contributed by atoms with Crippen LogP contribution in [0.4, 0.5) is 4.79 Å². The minimum atomic E-state index is -0.533. The first kappa shape index (κ1) is 23.4. The summed E-state index contributed by atoms with van der Waals surface area (Å²) in [6.07, 6.45) is 0.258. The third-order valence-electron chi connectivity index (χ3n) is 3.48. The largest absolute Gasteiger partial charge is 0.461 e. The first-order chi connectivity index (χ1) is 14.1. The minimum Gasteiger partial charge on any atom is -0.461 e. The molecule has 154 valence electrons. The van der Waals surface area contributed by atoms with Crippen molar-refractivity contribution in [2.24, 2.45) is 0 Å². The highest BCUT2D eigenvalue weighted by molar-refractivity contribution is 9.10. The summed E-state index contributed by atoms with van der Waals surface area (Å²) in [5.74, 6) is 0.732. The van der Waals surface area contributed by atoms with Crippen LogP contribution in [0.3, 0.4) is 0 Å². The minimum absolute atomic E-state index is 0.0665. The highest BCUT2D eigenvalue weighted by Crippen LogP contribution is 2.25. The summed E-state index contributed by atoms with van der Waals surface area (Å²) in [5, 5.41) is 2.60. The summed E-state index contributed by atoms with van der Waals surface area (Å²) in [6.45, 7) is 3.56. The van der Waals surface area contributed by atoms with Gasteiger partial charge in [0.15, 0.2) is 0 Å². The van der Waals surface area contributed by atoms with Crippen LogP contribution in [0.2, 0.25) is 0 Å². The maximum Gasteiger partial charge on any atom is 0.407 e. The van der Waals surface area contributed by atoms with Gasteiger partial charge in [0.25, 0.3) is 0 Å². The van der Waals surface area contributed by atoms with Gasteiger partial charge in [0.1, 0.15) is 12.7 Å². The normalized spacial score (nSPS) is 11.3. The Hall–Kier alpha value is -1.90. The van der Waals surface area contributed by atoms with Gasteiger partial charge >= 0.3 is 12.1 Å². The van der Waals surface area contributed by atoms with Crippen molar-refractivity contribution in [1.82, 2.24) is 5.32 Å². The predicted octanol–water partition coefficient (Wildman–Crippen LogP) is 5.16. The smallest absolute Gasteiger partial charge is 0.407 e. The zero-order valence-electron chi connectivity index (χ0n) is 15.7. The molecule has 29 heavy (non-hydrogen) atoms. The van der Waals surface area contributed by atoms with Crippen molar-refractivity contribution < 1.29 is 19.1 Å². The lowest BCUT2D eigenvalue weighted by Gasteiger charge is -2.18. The van der Waals surface area contributed by atoms with E-state index in [1.807, 2.05) is 54.6 Å². The van der Waals surface area contributed by atoms with Crippen LogP contribution in [0.25, 0.3) is 0 Å². The van der Waals surface area contributed by atoms with Gasteiger partial charge in [-0.2, -0.15) is 0 Å². The highest BCUT2D eigenvalue weighted by Gasteiger charge is 2.16. The van der Waals surface area contributed by atoms with E-state index in [1.54, 1.807) is 23.5 Å². The molecule has 0 radical (unpaired) electrons. The average molecular weight is 496 g/mol. The van der Waals surface area contributed by atoms with Crippen LogP contribution in [0.5, 0.6) is 0 Å². The third-order valence-corrected chi connectivity index (χ3v) is 6.30. The van der Waals surface area contributed by atoms with Crippen LogP contribution in [0.15, 0.2) is 81.5 Å². The molecule has 0 saturated carbocycles. The van der Waals surface area contributed by atoms with Gasteiger partial charge in [0.05, 0.1) is 6.54 Å². The summed E-state index contributed by atoms with van der Waals surface area (Å²) < 4.78 is 11.4. The molecule has 8 heteroatoms. The Morgan fingerprint density at radius 3 is 2.28 bits per heavy atom. The number of ether oxygens (including phenoxy) is 2. The lowest BCUT2D eigenvalue weighted by Crippen LogP contribution is -2.33. The lowest BCUT2D eigenvalue weighted by atomic mass is 10.4. The molecular weight excluding hydrogens is 474 g/mol. The van der Waals surface area contributed by atoms with Crippen LogP contribution in [-0.2, 0) is 14.3 Å². The Labute approximate surface area is 187 Å². The number of hydrogen-bond acceptors (Lipinski definition) is 6. The molecular formula is C21H22BrNO4S2. The fourth-order valence-electron chi connectivity index (χ4n) is 2.10. The maximum atomic E-state index is 12.1. The SMILES string of the molecule is C=CC(=O)OCCNC(=O)OC(CSc1ccccc1)CSc1ccc(Br)cc1. The van der Waals surface area contributed by atoms with E-state index in [4.69, 9.17) is 9.47 Å². The summed E-state index contributed by atoms with van der Waals surface area (Å²) in [4.78, 5) is 25.3. The highest BCUT2D eigenvalue weighted by atomic mass is 79.9. The Kier molecular flexibility index (Phi) is 10.8. The molecule has 2 aromatic carbocycles. The number of alkyl carbamates (subject to hydrolysis) is 1. The fourth-order valence-corrected chi connectivity index (χ4v) is 4.32. The van der Waals surface area contributed by atoms with Crippen LogP contribution in [-0.4, -0.2) is 42.8 Å². The first-order valence-electron chi connectivity index (χ1n) is 8.86. The summed E-state index contributed by atoms with van der Waals surface area (Å²) >= 11 is 6.69. The second-order valence-corrected chi connectivity index (χ2v) is 8.82. The summed E-state index contributed by atoms with van der Waals surface area (Å²) in [5.41, 5.74) is 0. The van der Waals surface area contributed by atoms with Gasteiger partial charge in [0.2, 0.25) is 0 Å². The van der Waals surface area contributed by atoms with E-state index in [1.165, 1.54) is 0 Å². The Bertz CT molecular complexity index is 787. The van der Waals surface area contributed by atoms with E-state index in [9.17, 15) is 9.59 Å². The van der Waals surface area contributed by atoms with Gasteiger partial charge in [-0.05, 0) is 36.4 Å². The monoisotopic (exact) mass is 495 g/mol. The number of thioether (sulfide) groups is 2. The van der Waals surface area contributed by atoms with Crippen molar-refractivity contribution in [3.63, 3.8) is 0 Å². The molecule has 2 aromatic rings. The number of carbonyl (C=O) groups is 2. The molecule has 0 fully saturated rings. The molecule has 0 saturated heterocycles. The van der Waals surface area contributed by atoms with Crippen LogP contribution in [0.1, 0.15) is 0 Å². The van der Waals surface area contributed by atoms with Gasteiger partial charge in [-0.25, -0.2) is 9.59 Å². The van der Waals surface area contributed by atoms with Crippen LogP contribution < -0.4 is 5.32 Å². The zero-order chi connectivity index (χ0) is 20.9. The molecule has 1 N–H and O–H groups in total. The first-order valence-corrected chi connectivity index (χ1v) is 11.6. The molecule has 5 nitrogen and oxygen atoms in total. The van der Waals surface area contributed by atoms with Crippen molar-refractivity contribution >= 4 is 51.5 Å². The molecule has 0 spiro atoms. The zero-order valence-corrected chi connectivity index (χ0v) is 18.9. The lowest BCUT2D eigenvalue weighted by molar-refractivity contribution is -0.137. The number of hydrogen-bond donors (Lipinski definition) is 1. The van der Waals surface area contributed by atoms with E-state index < -0.39 is 12.1 Å². The second-order valence-electron chi connectivity index (χ2n) is 5.71. The number of carbonyl (C=O) groups excluding carboxylic acids is 2. The van der Waals surface area contributed by atoms with E-state index in [-0.39, 0.29) is 19.3 Å². The van der Waals surface area contributed by atoms with E-state index >= 15 is 0 Å². The maximum absolute atomic E-state index is 12.1. The topological polar surface area (TPSA) is 64.6 Å². The number of nitrogens with one attached hydrogen (secondary N) is 1. The molecule has 2 rings (SSSR count). The second kappa shape index (κ2) is 13.3. The van der Waals surface area contributed by atoms with Gasteiger partial charge in [-0.1, -0.05) is 40.7 Å². The fraction of sp³-hybridized carbons (Fsp3) is 0.238. The molecule has 1 atom stereocenters. The standard InChI is InChI=1S/C21H22BrNO4S2/c1-2-20(24)26-13-12-23-21(25)27-17(14-28-18-6-4-3-5-7-18)15-29-19-10-8-16(22)9-11-19/h2-11,17H,1,12-15H2,(H,23,25). The van der Waals surface area contributed by atoms with Crippen LogP contribution in [0, 0.1) is 0 Å². The van der Waals surface area contributed by atoms with Crippen molar-refractivity contribution in [2.75, 3.05) is 24.7 Å². The molecule has 0 bridgehead atoms. The van der Waals surface area contributed by atoms with Crippen molar-refractivity contribution in [1.29, 1.82) is 0 Å². The number of rotatable bonds is 11. The molecule has 0 heterocycles. The number of esters is 1. The van der Waals surface area contributed by atoms with E-state index in [2.05, 4.69) is 27.8 Å². The molecule has 1 unspecified atom stereocenters. The molecule has 1 amide bonds.